The average molecular weight is 516 g/mol. The standard InChI is InChI=1S/C23H22FN5O6S/c1-13-21(22(30)25-15-5-6-15)26-28(17-4-2-3-14(24)11-17)23(13)35-19-10-9-18(29(31)32)12-20(19)36(33,34)27-16-7-8-16/h2-4,9-12,15-16,27H,5-8H2,1H3,(H,25,30). The van der Waals surface area contributed by atoms with Gasteiger partial charge in [0.15, 0.2) is 5.69 Å². The van der Waals surface area contributed by atoms with E-state index in [1.165, 1.54) is 28.9 Å². The highest BCUT2D eigenvalue weighted by Crippen LogP contribution is 2.36. The van der Waals surface area contributed by atoms with Gasteiger partial charge in [-0.15, -0.1) is 0 Å². The van der Waals surface area contributed by atoms with Gasteiger partial charge in [0, 0.05) is 29.8 Å². The summed E-state index contributed by atoms with van der Waals surface area (Å²) in [5, 5.41) is 18.5. The molecule has 11 nitrogen and oxygen atoms in total. The van der Waals surface area contributed by atoms with Crippen LogP contribution in [0.3, 0.4) is 0 Å². The van der Waals surface area contributed by atoms with Crippen molar-refractivity contribution in [1.82, 2.24) is 19.8 Å². The van der Waals surface area contributed by atoms with Gasteiger partial charge in [-0.3, -0.25) is 14.9 Å². The summed E-state index contributed by atoms with van der Waals surface area (Å²) < 4.78 is 49.8. The fourth-order valence-corrected chi connectivity index (χ4v) is 5.03. The molecule has 1 aromatic heterocycles. The second-order valence-electron chi connectivity index (χ2n) is 8.80. The highest BCUT2D eigenvalue weighted by atomic mass is 32.2. The predicted molar refractivity (Wildman–Crippen MR) is 125 cm³/mol. The number of nitro benzene ring substituents is 1. The number of halogens is 1. The first-order chi connectivity index (χ1) is 17.1. The maximum Gasteiger partial charge on any atom is 0.272 e. The molecule has 0 atom stereocenters. The summed E-state index contributed by atoms with van der Waals surface area (Å²) in [6.07, 6.45) is 3.04. The number of nitrogens with one attached hydrogen (secondary N) is 2. The van der Waals surface area contributed by atoms with Gasteiger partial charge in [0.1, 0.15) is 16.5 Å². The van der Waals surface area contributed by atoms with Gasteiger partial charge in [-0.1, -0.05) is 6.07 Å². The molecule has 1 amide bonds. The molecule has 5 rings (SSSR count). The molecule has 0 aliphatic heterocycles. The van der Waals surface area contributed by atoms with Crippen LogP contribution in [0.1, 0.15) is 41.7 Å². The van der Waals surface area contributed by atoms with Crippen molar-refractivity contribution in [3.8, 4) is 17.3 Å². The van der Waals surface area contributed by atoms with Gasteiger partial charge in [-0.25, -0.2) is 17.5 Å². The Kier molecular flexibility index (Phi) is 5.96. The van der Waals surface area contributed by atoms with Crippen LogP contribution in [0.15, 0.2) is 47.4 Å². The minimum Gasteiger partial charge on any atom is -0.437 e. The Morgan fingerprint density at radius 3 is 2.53 bits per heavy atom. The van der Waals surface area contributed by atoms with E-state index >= 15 is 0 Å². The summed E-state index contributed by atoms with van der Waals surface area (Å²) in [5.74, 6) is -1.23. The molecule has 0 spiro atoms. The van der Waals surface area contributed by atoms with E-state index in [2.05, 4.69) is 15.1 Å². The lowest BCUT2D eigenvalue weighted by Crippen LogP contribution is -2.26. The van der Waals surface area contributed by atoms with Crippen LogP contribution in [0.2, 0.25) is 0 Å². The van der Waals surface area contributed by atoms with E-state index in [1.54, 1.807) is 13.0 Å². The van der Waals surface area contributed by atoms with Crippen molar-refractivity contribution in [3.63, 3.8) is 0 Å². The minimum absolute atomic E-state index is 0.0294. The number of carbonyl (C=O) groups is 1. The number of nitrogens with zero attached hydrogens (tertiary/aromatic N) is 3. The van der Waals surface area contributed by atoms with Gasteiger partial charge >= 0.3 is 0 Å². The lowest BCUT2D eigenvalue weighted by Gasteiger charge is -2.14. The summed E-state index contributed by atoms with van der Waals surface area (Å²) in [5.41, 5.74) is 0.122. The van der Waals surface area contributed by atoms with Crippen LogP contribution < -0.4 is 14.8 Å². The van der Waals surface area contributed by atoms with Gasteiger partial charge in [0.25, 0.3) is 11.6 Å². The van der Waals surface area contributed by atoms with E-state index in [0.717, 1.165) is 25.0 Å². The number of ether oxygens (including phenoxy) is 1. The molecule has 2 aliphatic carbocycles. The van der Waals surface area contributed by atoms with E-state index in [1.807, 2.05) is 0 Å². The second kappa shape index (κ2) is 8.99. The summed E-state index contributed by atoms with van der Waals surface area (Å²) in [4.78, 5) is 23.0. The summed E-state index contributed by atoms with van der Waals surface area (Å²) in [6, 6.07) is 8.44. The number of aromatic nitrogens is 2. The van der Waals surface area contributed by atoms with E-state index in [-0.39, 0.29) is 40.7 Å². The van der Waals surface area contributed by atoms with Crippen molar-refractivity contribution in [2.45, 2.75) is 49.6 Å². The van der Waals surface area contributed by atoms with Gasteiger partial charge in [0.2, 0.25) is 15.9 Å². The normalized spacial score (nSPS) is 15.5. The summed E-state index contributed by atoms with van der Waals surface area (Å²) in [6.45, 7) is 1.57. The number of rotatable bonds is 9. The second-order valence-corrected chi connectivity index (χ2v) is 10.5. The van der Waals surface area contributed by atoms with E-state index in [9.17, 15) is 27.7 Å². The van der Waals surface area contributed by atoms with Crippen molar-refractivity contribution in [1.29, 1.82) is 0 Å². The number of carbonyl (C=O) groups excluding carboxylic acids is 1. The zero-order valence-electron chi connectivity index (χ0n) is 19.1. The first-order valence-electron chi connectivity index (χ1n) is 11.3. The Labute approximate surface area is 205 Å². The molecule has 13 heteroatoms. The summed E-state index contributed by atoms with van der Waals surface area (Å²) in [7, 11) is -4.17. The first kappa shape index (κ1) is 23.9. The summed E-state index contributed by atoms with van der Waals surface area (Å²) >= 11 is 0. The number of benzene rings is 2. The van der Waals surface area contributed by atoms with Crippen LogP contribution in [-0.2, 0) is 10.0 Å². The third kappa shape index (κ3) is 4.93. The van der Waals surface area contributed by atoms with Gasteiger partial charge in [0.05, 0.1) is 10.6 Å². The zero-order chi connectivity index (χ0) is 25.6. The third-order valence-electron chi connectivity index (χ3n) is 5.78. The van der Waals surface area contributed by atoms with Crippen molar-refractivity contribution in [3.05, 3.63) is 69.7 Å². The van der Waals surface area contributed by atoms with Gasteiger partial charge in [-0.05, 0) is 56.9 Å². The number of hydrogen-bond donors (Lipinski definition) is 2. The maximum absolute atomic E-state index is 14.0. The van der Waals surface area contributed by atoms with Crippen LogP contribution in [-0.4, -0.2) is 41.1 Å². The van der Waals surface area contributed by atoms with Crippen LogP contribution in [0, 0.1) is 22.9 Å². The molecule has 0 unspecified atom stereocenters. The number of nitro groups is 1. The van der Waals surface area contributed by atoms with Crippen molar-refractivity contribution in [2.75, 3.05) is 0 Å². The van der Waals surface area contributed by atoms with E-state index < -0.39 is 37.3 Å². The molecule has 2 saturated carbocycles. The number of amides is 1. The molecule has 2 fully saturated rings. The smallest absolute Gasteiger partial charge is 0.272 e. The van der Waals surface area contributed by atoms with Crippen molar-refractivity contribution < 1.29 is 27.3 Å². The Morgan fingerprint density at radius 2 is 1.89 bits per heavy atom. The highest BCUT2D eigenvalue weighted by molar-refractivity contribution is 7.89. The Bertz CT molecular complexity index is 1480. The fraction of sp³-hybridized carbons (Fsp3) is 0.304. The van der Waals surface area contributed by atoms with Crippen molar-refractivity contribution >= 4 is 21.6 Å². The first-order valence-corrected chi connectivity index (χ1v) is 12.8. The topological polar surface area (TPSA) is 145 Å². The van der Waals surface area contributed by atoms with Crippen LogP contribution in [0.5, 0.6) is 11.6 Å². The molecule has 0 saturated heterocycles. The number of hydrogen-bond acceptors (Lipinski definition) is 7. The van der Waals surface area contributed by atoms with Crippen LogP contribution in [0.4, 0.5) is 10.1 Å². The Morgan fingerprint density at radius 1 is 1.17 bits per heavy atom. The number of non-ortho nitro benzene ring substituents is 1. The molecule has 3 aromatic rings. The number of sulfonamides is 1. The molecule has 2 aromatic carbocycles. The lowest BCUT2D eigenvalue weighted by atomic mass is 10.2. The molecule has 0 bridgehead atoms. The Hall–Kier alpha value is -3.84. The lowest BCUT2D eigenvalue weighted by molar-refractivity contribution is -0.385. The highest BCUT2D eigenvalue weighted by Gasteiger charge is 2.33. The van der Waals surface area contributed by atoms with E-state index in [0.29, 0.717) is 12.8 Å². The molecule has 188 valence electrons. The van der Waals surface area contributed by atoms with Gasteiger partial charge in [-0.2, -0.15) is 9.78 Å². The molecular formula is C23H22FN5O6S. The molecular weight excluding hydrogens is 493 g/mol. The SMILES string of the molecule is Cc1c(C(=O)NC2CC2)nn(-c2cccc(F)c2)c1Oc1ccc([N+](=O)[O-])cc1S(=O)(=O)NC1CC1. The molecule has 36 heavy (non-hydrogen) atoms. The van der Waals surface area contributed by atoms with Crippen LogP contribution in [0.25, 0.3) is 5.69 Å². The monoisotopic (exact) mass is 515 g/mol. The van der Waals surface area contributed by atoms with Crippen LogP contribution >= 0.6 is 0 Å². The maximum atomic E-state index is 14.0. The molecule has 2 aliphatic rings. The molecule has 0 radical (unpaired) electrons. The zero-order valence-corrected chi connectivity index (χ0v) is 19.9. The predicted octanol–water partition coefficient (Wildman–Crippen LogP) is 3.35. The largest absolute Gasteiger partial charge is 0.437 e. The molecule has 2 N–H and O–H groups in total. The van der Waals surface area contributed by atoms with E-state index in [4.69, 9.17) is 4.74 Å². The van der Waals surface area contributed by atoms with Gasteiger partial charge < -0.3 is 10.1 Å². The minimum atomic E-state index is -4.17. The fourth-order valence-electron chi connectivity index (χ4n) is 3.57. The Balaban J connectivity index is 1.61. The quantitative estimate of drug-likeness (QED) is 0.328. The third-order valence-corrected chi connectivity index (χ3v) is 7.32. The molecule has 1 heterocycles. The average Bonchev–Trinajstić information content (AvgIpc) is 3.76. The van der Waals surface area contributed by atoms with Crippen molar-refractivity contribution in [2.24, 2.45) is 0 Å².